The van der Waals surface area contributed by atoms with Crippen molar-refractivity contribution in [2.45, 2.75) is 27.7 Å². The molecule has 1 aliphatic carbocycles. The highest BCUT2D eigenvalue weighted by Gasteiger charge is 2.29. The van der Waals surface area contributed by atoms with Crippen LogP contribution in [0.15, 0.2) is 24.0 Å². The van der Waals surface area contributed by atoms with E-state index in [0.29, 0.717) is 29.4 Å². The van der Waals surface area contributed by atoms with E-state index in [2.05, 4.69) is 33.8 Å². The van der Waals surface area contributed by atoms with Gasteiger partial charge in [0.05, 0.1) is 5.76 Å². The van der Waals surface area contributed by atoms with Crippen molar-refractivity contribution < 1.29 is 5.11 Å². The van der Waals surface area contributed by atoms with E-state index in [-0.39, 0.29) is 0 Å². The van der Waals surface area contributed by atoms with Crippen LogP contribution in [0.3, 0.4) is 0 Å². The average Bonchev–Trinajstić information content (AvgIpc) is 2.02. The van der Waals surface area contributed by atoms with Crippen molar-refractivity contribution in [1.29, 1.82) is 0 Å². The minimum Gasteiger partial charge on any atom is -0.512 e. The third-order valence-electron chi connectivity index (χ3n) is 2.84. The third kappa shape index (κ3) is 2.15. The number of allylic oxidation sites excluding steroid dienone is 4. The largest absolute Gasteiger partial charge is 0.512 e. The summed E-state index contributed by atoms with van der Waals surface area (Å²) in [4.78, 5) is 0. The van der Waals surface area contributed by atoms with Gasteiger partial charge in [0.2, 0.25) is 0 Å². The lowest BCUT2D eigenvalue weighted by Gasteiger charge is -2.32. The molecule has 74 valence electrons. The third-order valence-corrected chi connectivity index (χ3v) is 2.84. The van der Waals surface area contributed by atoms with Gasteiger partial charge in [-0.3, -0.25) is 0 Å². The Labute approximate surface area is 81.2 Å². The molecule has 13 heavy (non-hydrogen) atoms. The molecule has 1 nitrogen and oxygen atoms in total. The Morgan fingerprint density at radius 1 is 1.15 bits per heavy atom. The molecule has 2 atom stereocenters. The van der Waals surface area contributed by atoms with E-state index in [0.717, 1.165) is 0 Å². The van der Waals surface area contributed by atoms with Gasteiger partial charge in [-0.2, -0.15) is 0 Å². The van der Waals surface area contributed by atoms with Gasteiger partial charge in [-0.1, -0.05) is 39.8 Å². The van der Waals surface area contributed by atoms with Crippen LogP contribution >= 0.6 is 0 Å². The molecule has 0 aromatic rings. The molecule has 0 radical (unpaired) electrons. The fourth-order valence-electron chi connectivity index (χ4n) is 2.13. The summed E-state index contributed by atoms with van der Waals surface area (Å²) >= 11 is 0. The van der Waals surface area contributed by atoms with Crippen molar-refractivity contribution in [3.63, 3.8) is 0 Å². The first-order chi connectivity index (χ1) is 6.04. The van der Waals surface area contributed by atoms with Gasteiger partial charge < -0.3 is 5.11 Å². The Bertz CT molecular complexity index is 223. The summed E-state index contributed by atoms with van der Waals surface area (Å²) in [6.45, 7) is 8.76. The molecule has 0 fully saturated rings. The van der Waals surface area contributed by atoms with Crippen LogP contribution in [0.2, 0.25) is 0 Å². The SMILES string of the molecule is CC(C)C1C=CC=C(O)C1C(C)C. The summed E-state index contributed by atoms with van der Waals surface area (Å²) in [5.41, 5.74) is 0. The van der Waals surface area contributed by atoms with Crippen LogP contribution in [0.1, 0.15) is 27.7 Å². The van der Waals surface area contributed by atoms with E-state index in [1.807, 2.05) is 12.2 Å². The highest BCUT2D eigenvalue weighted by molar-refractivity contribution is 5.19. The van der Waals surface area contributed by atoms with E-state index >= 15 is 0 Å². The maximum absolute atomic E-state index is 9.77. The number of rotatable bonds is 2. The van der Waals surface area contributed by atoms with Crippen molar-refractivity contribution in [1.82, 2.24) is 0 Å². The molecule has 1 heteroatoms. The van der Waals surface area contributed by atoms with Crippen LogP contribution in [0.25, 0.3) is 0 Å². The summed E-state index contributed by atoms with van der Waals surface area (Å²) in [7, 11) is 0. The Morgan fingerprint density at radius 3 is 2.15 bits per heavy atom. The second kappa shape index (κ2) is 3.99. The van der Waals surface area contributed by atoms with E-state index in [1.165, 1.54) is 0 Å². The number of hydrogen-bond donors (Lipinski definition) is 1. The summed E-state index contributed by atoms with van der Waals surface area (Å²) in [5.74, 6) is 2.46. The van der Waals surface area contributed by atoms with Crippen molar-refractivity contribution in [2.24, 2.45) is 23.7 Å². The van der Waals surface area contributed by atoms with Crippen molar-refractivity contribution >= 4 is 0 Å². The van der Waals surface area contributed by atoms with E-state index in [1.54, 1.807) is 0 Å². The van der Waals surface area contributed by atoms with Gasteiger partial charge in [-0.25, -0.2) is 0 Å². The standard InChI is InChI=1S/C12H20O/c1-8(2)10-6-5-7-11(13)12(10)9(3)4/h5-10,12-13H,1-4H3. The number of aliphatic hydroxyl groups is 1. The molecule has 0 heterocycles. The van der Waals surface area contributed by atoms with Gasteiger partial charge in [0.1, 0.15) is 0 Å². The quantitative estimate of drug-likeness (QED) is 0.689. The van der Waals surface area contributed by atoms with E-state index in [4.69, 9.17) is 0 Å². The second-order valence-electron chi connectivity index (χ2n) is 4.57. The summed E-state index contributed by atoms with van der Waals surface area (Å²) < 4.78 is 0. The van der Waals surface area contributed by atoms with Crippen LogP contribution in [-0.2, 0) is 0 Å². The predicted molar refractivity (Wildman–Crippen MR) is 56.5 cm³/mol. The van der Waals surface area contributed by atoms with Crippen LogP contribution < -0.4 is 0 Å². The summed E-state index contributed by atoms with van der Waals surface area (Å²) in [6, 6.07) is 0. The van der Waals surface area contributed by atoms with Gasteiger partial charge in [-0.05, 0) is 23.8 Å². The molecule has 1 rings (SSSR count). The zero-order chi connectivity index (χ0) is 10.0. The fraction of sp³-hybridized carbons (Fsp3) is 0.667. The Morgan fingerprint density at radius 2 is 1.77 bits per heavy atom. The lowest BCUT2D eigenvalue weighted by atomic mass is 9.74. The lowest BCUT2D eigenvalue weighted by molar-refractivity contribution is 0.199. The Hall–Kier alpha value is -0.720. The molecule has 0 amide bonds. The topological polar surface area (TPSA) is 20.2 Å². The molecular weight excluding hydrogens is 160 g/mol. The van der Waals surface area contributed by atoms with Gasteiger partial charge >= 0.3 is 0 Å². The fourth-order valence-corrected chi connectivity index (χ4v) is 2.13. The lowest BCUT2D eigenvalue weighted by Crippen LogP contribution is -2.26. The first-order valence-electron chi connectivity index (χ1n) is 5.11. The minimum absolute atomic E-state index is 0.310. The zero-order valence-electron chi connectivity index (χ0n) is 8.99. The molecule has 2 unspecified atom stereocenters. The van der Waals surface area contributed by atoms with Crippen molar-refractivity contribution in [2.75, 3.05) is 0 Å². The highest BCUT2D eigenvalue weighted by atomic mass is 16.3. The first-order valence-corrected chi connectivity index (χ1v) is 5.11. The van der Waals surface area contributed by atoms with Crippen LogP contribution in [-0.4, -0.2) is 5.11 Å². The van der Waals surface area contributed by atoms with Gasteiger partial charge in [0.15, 0.2) is 0 Å². The van der Waals surface area contributed by atoms with Crippen LogP contribution in [0.4, 0.5) is 0 Å². The Balaban J connectivity index is 2.85. The molecule has 0 aromatic heterocycles. The molecular formula is C12H20O. The molecule has 1 N–H and O–H groups in total. The second-order valence-corrected chi connectivity index (χ2v) is 4.57. The molecule has 0 bridgehead atoms. The molecule has 0 saturated heterocycles. The Kier molecular flexibility index (Phi) is 3.18. The minimum atomic E-state index is 0.310. The summed E-state index contributed by atoms with van der Waals surface area (Å²) in [5, 5.41) is 9.77. The average molecular weight is 180 g/mol. The smallest absolute Gasteiger partial charge is 0.0961 e. The molecule has 0 spiro atoms. The van der Waals surface area contributed by atoms with Crippen molar-refractivity contribution in [3.8, 4) is 0 Å². The zero-order valence-corrected chi connectivity index (χ0v) is 8.99. The van der Waals surface area contributed by atoms with E-state index < -0.39 is 0 Å². The van der Waals surface area contributed by atoms with Gasteiger partial charge in [0, 0.05) is 5.92 Å². The van der Waals surface area contributed by atoms with E-state index in [9.17, 15) is 5.11 Å². The summed E-state index contributed by atoms with van der Waals surface area (Å²) in [6.07, 6.45) is 6.01. The van der Waals surface area contributed by atoms with Gasteiger partial charge in [-0.15, -0.1) is 0 Å². The normalized spacial score (nSPS) is 28.3. The predicted octanol–water partition coefficient (Wildman–Crippen LogP) is 3.54. The number of aliphatic hydroxyl groups excluding tert-OH is 1. The van der Waals surface area contributed by atoms with Gasteiger partial charge in [0.25, 0.3) is 0 Å². The van der Waals surface area contributed by atoms with Crippen LogP contribution in [0, 0.1) is 23.7 Å². The van der Waals surface area contributed by atoms with Crippen LogP contribution in [0.5, 0.6) is 0 Å². The first kappa shape index (κ1) is 10.4. The maximum atomic E-state index is 9.77. The maximum Gasteiger partial charge on any atom is 0.0961 e. The molecule has 0 aromatic carbocycles. The number of hydrogen-bond acceptors (Lipinski definition) is 1. The highest BCUT2D eigenvalue weighted by Crippen LogP contribution is 2.35. The molecule has 0 aliphatic heterocycles. The monoisotopic (exact) mass is 180 g/mol. The molecule has 1 aliphatic rings. The van der Waals surface area contributed by atoms with Crippen molar-refractivity contribution in [3.05, 3.63) is 24.0 Å². The molecule has 0 saturated carbocycles.